The number of nitrogens with zero attached hydrogens (tertiary/aromatic N) is 3. The second-order valence-corrected chi connectivity index (χ2v) is 5.72. The van der Waals surface area contributed by atoms with E-state index < -0.39 is 0 Å². The van der Waals surface area contributed by atoms with Crippen LogP contribution < -0.4 is 10.2 Å². The van der Waals surface area contributed by atoms with Gasteiger partial charge in [0.15, 0.2) is 11.5 Å². The predicted molar refractivity (Wildman–Crippen MR) is 87.4 cm³/mol. The van der Waals surface area contributed by atoms with Crippen LogP contribution >= 0.6 is 0 Å². The van der Waals surface area contributed by atoms with Gasteiger partial charge in [0.05, 0.1) is 13.2 Å². The van der Waals surface area contributed by atoms with Crippen LogP contribution in [-0.2, 0) is 10.3 Å². The van der Waals surface area contributed by atoms with Crippen molar-refractivity contribution in [2.75, 3.05) is 31.6 Å². The van der Waals surface area contributed by atoms with E-state index >= 15 is 0 Å². The molecule has 1 aromatic heterocycles. The molecule has 1 aliphatic rings. The third-order valence-corrected chi connectivity index (χ3v) is 4.09. The Morgan fingerprint density at radius 1 is 1.22 bits per heavy atom. The molecule has 1 atom stereocenters. The normalized spacial score (nSPS) is 21.0. The quantitative estimate of drug-likeness (QED) is 0.932. The van der Waals surface area contributed by atoms with Gasteiger partial charge in [0.1, 0.15) is 5.60 Å². The summed E-state index contributed by atoms with van der Waals surface area (Å²) >= 11 is 0. The lowest BCUT2D eigenvalue weighted by Crippen LogP contribution is -2.48. The van der Waals surface area contributed by atoms with Gasteiger partial charge in [-0.15, -0.1) is 10.2 Å². The molecule has 6 nitrogen and oxygen atoms in total. The minimum Gasteiger partial charge on any atom is -0.367 e. The Morgan fingerprint density at radius 2 is 2.00 bits per heavy atom. The van der Waals surface area contributed by atoms with E-state index in [4.69, 9.17) is 4.74 Å². The molecule has 1 fully saturated rings. The molecule has 0 bridgehead atoms. The number of anilines is 1. The van der Waals surface area contributed by atoms with Gasteiger partial charge in [-0.1, -0.05) is 30.3 Å². The number of aromatic nitrogens is 2. The Labute approximate surface area is 135 Å². The molecule has 3 rings (SSSR count). The first kappa shape index (κ1) is 15.4. The molecule has 2 aromatic rings. The summed E-state index contributed by atoms with van der Waals surface area (Å²) in [6.07, 6.45) is 0. The SMILES string of the molecule is CNC(=O)c1ccc(N2CCOC(C)(c3ccccc3)C2)nn1. The van der Waals surface area contributed by atoms with Gasteiger partial charge < -0.3 is 15.0 Å². The molecular weight excluding hydrogens is 292 g/mol. The van der Waals surface area contributed by atoms with Gasteiger partial charge in [-0.3, -0.25) is 4.79 Å². The van der Waals surface area contributed by atoms with Crippen molar-refractivity contribution in [3.05, 3.63) is 53.7 Å². The van der Waals surface area contributed by atoms with Crippen LogP contribution in [0.4, 0.5) is 5.82 Å². The van der Waals surface area contributed by atoms with E-state index in [2.05, 4.69) is 39.5 Å². The van der Waals surface area contributed by atoms with Crippen molar-refractivity contribution in [1.29, 1.82) is 0 Å². The molecule has 0 spiro atoms. The largest absolute Gasteiger partial charge is 0.367 e. The van der Waals surface area contributed by atoms with Gasteiger partial charge in [-0.05, 0) is 24.6 Å². The Morgan fingerprint density at radius 3 is 2.65 bits per heavy atom. The molecule has 23 heavy (non-hydrogen) atoms. The summed E-state index contributed by atoms with van der Waals surface area (Å²) in [7, 11) is 1.57. The van der Waals surface area contributed by atoms with Crippen molar-refractivity contribution < 1.29 is 9.53 Å². The number of carbonyl (C=O) groups is 1. The fraction of sp³-hybridized carbons (Fsp3) is 0.353. The second-order valence-electron chi connectivity index (χ2n) is 5.72. The lowest BCUT2D eigenvalue weighted by atomic mass is 9.94. The molecule has 1 aromatic carbocycles. The molecule has 1 unspecified atom stereocenters. The summed E-state index contributed by atoms with van der Waals surface area (Å²) in [5.41, 5.74) is 1.07. The lowest BCUT2D eigenvalue weighted by Gasteiger charge is -2.41. The van der Waals surface area contributed by atoms with Crippen LogP contribution in [0.1, 0.15) is 23.0 Å². The smallest absolute Gasteiger partial charge is 0.271 e. The van der Waals surface area contributed by atoms with Crippen LogP contribution in [0.2, 0.25) is 0 Å². The highest BCUT2D eigenvalue weighted by molar-refractivity contribution is 5.91. The van der Waals surface area contributed by atoms with E-state index in [0.717, 1.165) is 17.9 Å². The number of carbonyl (C=O) groups excluding carboxylic acids is 1. The number of morpholine rings is 1. The standard InChI is InChI=1S/C17H20N4O2/c1-17(13-6-4-3-5-7-13)12-21(10-11-23-17)15-9-8-14(19-20-15)16(22)18-2/h3-9H,10-12H2,1-2H3,(H,18,22). The Hall–Kier alpha value is -2.47. The Bertz CT molecular complexity index is 675. The maximum Gasteiger partial charge on any atom is 0.271 e. The molecule has 0 saturated carbocycles. The molecule has 1 N–H and O–H groups in total. The number of nitrogens with one attached hydrogen (secondary N) is 1. The highest BCUT2D eigenvalue weighted by atomic mass is 16.5. The van der Waals surface area contributed by atoms with Crippen LogP contribution in [0, 0.1) is 0 Å². The van der Waals surface area contributed by atoms with Gasteiger partial charge in [0, 0.05) is 13.6 Å². The van der Waals surface area contributed by atoms with Crippen LogP contribution in [0.5, 0.6) is 0 Å². The van der Waals surface area contributed by atoms with E-state index in [9.17, 15) is 4.79 Å². The molecule has 120 valence electrons. The summed E-state index contributed by atoms with van der Waals surface area (Å²) in [4.78, 5) is 13.7. The van der Waals surface area contributed by atoms with Gasteiger partial charge in [-0.2, -0.15) is 0 Å². The zero-order chi connectivity index (χ0) is 16.3. The van der Waals surface area contributed by atoms with Crippen LogP contribution in [0.3, 0.4) is 0 Å². The Kier molecular flexibility index (Phi) is 4.25. The first-order chi connectivity index (χ1) is 11.1. The first-order valence-electron chi connectivity index (χ1n) is 7.63. The minimum absolute atomic E-state index is 0.236. The molecule has 0 radical (unpaired) electrons. The molecule has 1 saturated heterocycles. The van der Waals surface area contributed by atoms with E-state index in [0.29, 0.717) is 18.8 Å². The average Bonchev–Trinajstić information content (AvgIpc) is 2.62. The van der Waals surface area contributed by atoms with E-state index in [1.807, 2.05) is 24.3 Å². The summed E-state index contributed by atoms with van der Waals surface area (Å²) < 4.78 is 6.03. The van der Waals surface area contributed by atoms with Crippen LogP contribution in [-0.4, -0.2) is 42.8 Å². The average molecular weight is 312 g/mol. The van der Waals surface area contributed by atoms with Gasteiger partial charge in [0.25, 0.3) is 5.91 Å². The second kappa shape index (κ2) is 6.34. The van der Waals surface area contributed by atoms with E-state index in [1.165, 1.54) is 0 Å². The fourth-order valence-electron chi connectivity index (χ4n) is 2.77. The third kappa shape index (κ3) is 3.17. The van der Waals surface area contributed by atoms with Gasteiger partial charge in [0.2, 0.25) is 0 Å². The molecular formula is C17H20N4O2. The zero-order valence-electron chi connectivity index (χ0n) is 13.3. The van der Waals surface area contributed by atoms with Crippen molar-refractivity contribution >= 4 is 11.7 Å². The summed E-state index contributed by atoms with van der Waals surface area (Å²) in [6.45, 7) is 4.13. The molecule has 0 aliphatic carbocycles. The van der Waals surface area contributed by atoms with Crippen molar-refractivity contribution in [3.8, 4) is 0 Å². The maximum absolute atomic E-state index is 11.5. The Balaban J connectivity index is 1.80. The number of ether oxygens (including phenoxy) is 1. The van der Waals surface area contributed by atoms with Gasteiger partial charge in [-0.25, -0.2) is 0 Å². The van der Waals surface area contributed by atoms with Gasteiger partial charge >= 0.3 is 0 Å². The van der Waals surface area contributed by atoms with Crippen LogP contribution in [0.25, 0.3) is 0 Å². The lowest BCUT2D eigenvalue weighted by molar-refractivity contribution is -0.0468. The van der Waals surface area contributed by atoms with Crippen molar-refractivity contribution in [3.63, 3.8) is 0 Å². The fourth-order valence-corrected chi connectivity index (χ4v) is 2.77. The van der Waals surface area contributed by atoms with Crippen molar-refractivity contribution in [2.45, 2.75) is 12.5 Å². The summed E-state index contributed by atoms with van der Waals surface area (Å²) in [6, 6.07) is 13.7. The molecule has 2 heterocycles. The number of rotatable bonds is 3. The maximum atomic E-state index is 11.5. The summed E-state index contributed by atoms with van der Waals surface area (Å²) in [5, 5.41) is 10.7. The van der Waals surface area contributed by atoms with Crippen molar-refractivity contribution in [1.82, 2.24) is 15.5 Å². The number of amides is 1. The zero-order valence-corrected chi connectivity index (χ0v) is 13.3. The molecule has 6 heteroatoms. The van der Waals surface area contributed by atoms with E-state index in [-0.39, 0.29) is 11.5 Å². The predicted octanol–water partition coefficient (Wildman–Crippen LogP) is 1.59. The van der Waals surface area contributed by atoms with Crippen LogP contribution in [0.15, 0.2) is 42.5 Å². The number of benzene rings is 1. The highest BCUT2D eigenvalue weighted by Gasteiger charge is 2.34. The topological polar surface area (TPSA) is 67.4 Å². The highest BCUT2D eigenvalue weighted by Crippen LogP contribution is 2.30. The monoisotopic (exact) mass is 312 g/mol. The summed E-state index contributed by atoms with van der Waals surface area (Å²) in [5.74, 6) is 0.517. The number of hydrogen-bond donors (Lipinski definition) is 1. The van der Waals surface area contributed by atoms with E-state index in [1.54, 1.807) is 13.1 Å². The minimum atomic E-state index is -0.388. The number of hydrogen-bond acceptors (Lipinski definition) is 5. The third-order valence-electron chi connectivity index (χ3n) is 4.09. The van der Waals surface area contributed by atoms with Crippen molar-refractivity contribution in [2.24, 2.45) is 0 Å². The molecule has 1 aliphatic heterocycles. The molecule has 1 amide bonds. The first-order valence-corrected chi connectivity index (χ1v) is 7.63.